The average Bonchev–Trinajstić information content (AvgIpc) is 2.85. The van der Waals surface area contributed by atoms with E-state index in [1.165, 1.54) is 0 Å². The molecule has 1 aromatic rings. The Bertz CT molecular complexity index is 476. The lowest BCUT2D eigenvalue weighted by Crippen LogP contribution is -2.56. The Hall–Kier alpha value is -1.11. The van der Waals surface area contributed by atoms with Gasteiger partial charge in [0.15, 0.2) is 0 Å². The maximum atomic E-state index is 12.1. The Kier molecular flexibility index (Phi) is 5.78. The van der Waals surface area contributed by atoms with Gasteiger partial charge in [0.25, 0.3) is 0 Å². The van der Waals surface area contributed by atoms with Crippen molar-refractivity contribution in [3.05, 3.63) is 17.8 Å². The molecule has 0 radical (unpaired) electrons. The van der Waals surface area contributed by atoms with Crippen molar-refractivity contribution < 1.29 is 13.9 Å². The fraction of sp³-hybridized carbons (Fsp3) is 0.714. The molecule has 2 rings (SSSR count). The number of aromatic nitrogens is 1. The van der Waals surface area contributed by atoms with E-state index in [0.717, 1.165) is 5.76 Å². The van der Waals surface area contributed by atoms with E-state index in [1.807, 2.05) is 20.8 Å². The highest BCUT2D eigenvalue weighted by Crippen LogP contribution is 2.23. The molecule has 0 bridgehead atoms. The number of rotatable bonds is 3. The maximum Gasteiger partial charge on any atom is 0.240 e. The van der Waals surface area contributed by atoms with E-state index in [2.05, 4.69) is 10.3 Å². The minimum Gasteiger partial charge on any atom is -0.443 e. The van der Waals surface area contributed by atoms with Crippen LogP contribution >= 0.6 is 12.4 Å². The summed E-state index contributed by atoms with van der Waals surface area (Å²) in [6.07, 6.45) is 2.78. The first kappa shape index (κ1) is 17.9. The number of halogens is 1. The topological polar surface area (TPSA) is 90.4 Å². The summed E-state index contributed by atoms with van der Waals surface area (Å²) in [6, 6.07) is 0. The van der Waals surface area contributed by atoms with Crippen LogP contribution < -0.4 is 11.1 Å². The highest BCUT2D eigenvalue weighted by atomic mass is 35.5. The fourth-order valence-corrected chi connectivity index (χ4v) is 2.03. The molecule has 7 heteroatoms. The van der Waals surface area contributed by atoms with E-state index in [9.17, 15) is 4.79 Å². The van der Waals surface area contributed by atoms with Gasteiger partial charge in [-0.3, -0.25) is 4.79 Å². The first-order valence-electron chi connectivity index (χ1n) is 6.91. The minimum absolute atomic E-state index is 0. The number of nitrogens with one attached hydrogen (secondary N) is 1. The zero-order valence-electron chi connectivity index (χ0n) is 12.8. The Labute approximate surface area is 131 Å². The van der Waals surface area contributed by atoms with Crippen molar-refractivity contribution in [1.29, 1.82) is 0 Å². The van der Waals surface area contributed by atoms with Crippen LogP contribution in [0.2, 0.25) is 0 Å². The third kappa shape index (κ3) is 4.43. The van der Waals surface area contributed by atoms with E-state index in [0.29, 0.717) is 31.9 Å². The van der Waals surface area contributed by atoms with Crippen molar-refractivity contribution in [3.63, 3.8) is 0 Å². The number of hydrogen-bond acceptors (Lipinski definition) is 5. The van der Waals surface area contributed by atoms with Gasteiger partial charge in [-0.15, -0.1) is 12.4 Å². The van der Waals surface area contributed by atoms with Crippen LogP contribution in [0.25, 0.3) is 0 Å². The summed E-state index contributed by atoms with van der Waals surface area (Å²) in [5.41, 5.74) is 5.17. The number of carbonyl (C=O) groups is 1. The maximum absolute atomic E-state index is 12.1. The molecule has 0 spiro atoms. The van der Waals surface area contributed by atoms with Crippen molar-refractivity contribution in [1.82, 2.24) is 10.3 Å². The van der Waals surface area contributed by atoms with Gasteiger partial charge in [0.2, 0.25) is 11.8 Å². The molecule has 0 unspecified atom stereocenters. The Morgan fingerprint density at radius 1 is 1.43 bits per heavy atom. The number of ether oxygens (including phenoxy) is 1. The second-order valence-electron chi connectivity index (χ2n) is 6.32. The van der Waals surface area contributed by atoms with Crippen molar-refractivity contribution in [2.75, 3.05) is 13.2 Å². The monoisotopic (exact) mass is 317 g/mol. The lowest BCUT2D eigenvalue weighted by molar-refractivity contribution is -0.130. The Balaban J connectivity index is 0.00000220. The van der Waals surface area contributed by atoms with Gasteiger partial charge in [-0.25, -0.2) is 4.98 Å². The van der Waals surface area contributed by atoms with Crippen LogP contribution in [0.1, 0.15) is 45.3 Å². The quantitative estimate of drug-likeness (QED) is 0.882. The summed E-state index contributed by atoms with van der Waals surface area (Å²) < 4.78 is 10.9. The summed E-state index contributed by atoms with van der Waals surface area (Å²) in [4.78, 5) is 16.3. The van der Waals surface area contributed by atoms with E-state index in [-0.39, 0.29) is 30.3 Å². The van der Waals surface area contributed by atoms with Crippen LogP contribution in [0.4, 0.5) is 0 Å². The fourth-order valence-electron chi connectivity index (χ4n) is 2.03. The number of hydrogen-bond donors (Lipinski definition) is 2. The summed E-state index contributed by atoms with van der Waals surface area (Å²) >= 11 is 0. The van der Waals surface area contributed by atoms with Crippen molar-refractivity contribution in [3.8, 4) is 0 Å². The van der Waals surface area contributed by atoms with Crippen molar-refractivity contribution in [2.45, 2.75) is 51.1 Å². The van der Waals surface area contributed by atoms with Crippen LogP contribution in [-0.2, 0) is 21.5 Å². The molecule has 21 heavy (non-hydrogen) atoms. The van der Waals surface area contributed by atoms with Gasteiger partial charge in [0, 0.05) is 18.6 Å². The number of amides is 1. The standard InChI is InChI=1S/C14H23N3O3.ClH/c1-13(2,3)10-8-16-11(20-10)9-17-12(18)14(15)4-6-19-7-5-14;/h8H,4-7,9,15H2,1-3H3,(H,17,18);1H. The molecule has 1 amide bonds. The molecule has 3 N–H and O–H groups in total. The number of carbonyl (C=O) groups excluding carboxylic acids is 1. The molecule has 1 aliphatic heterocycles. The van der Waals surface area contributed by atoms with E-state index in [1.54, 1.807) is 6.20 Å². The average molecular weight is 318 g/mol. The Morgan fingerprint density at radius 3 is 2.57 bits per heavy atom. The third-order valence-electron chi connectivity index (χ3n) is 3.53. The minimum atomic E-state index is -0.836. The van der Waals surface area contributed by atoms with E-state index in [4.69, 9.17) is 14.9 Å². The number of nitrogens with two attached hydrogens (primary N) is 1. The molecule has 0 saturated carbocycles. The van der Waals surface area contributed by atoms with Crippen LogP contribution in [0.15, 0.2) is 10.6 Å². The number of oxazole rings is 1. The summed E-state index contributed by atoms with van der Waals surface area (Å²) in [6.45, 7) is 7.45. The zero-order valence-corrected chi connectivity index (χ0v) is 13.6. The van der Waals surface area contributed by atoms with Crippen LogP contribution in [0.3, 0.4) is 0 Å². The van der Waals surface area contributed by atoms with Gasteiger partial charge in [-0.05, 0) is 12.8 Å². The number of nitrogens with zero attached hydrogens (tertiary/aromatic N) is 1. The predicted molar refractivity (Wildman–Crippen MR) is 81.3 cm³/mol. The molecule has 1 aromatic heterocycles. The summed E-state index contributed by atoms with van der Waals surface area (Å²) in [7, 11) is 0. The van der Waals surface area contributed by atoms with Gasteiger partial charge >= 0.3 is 0 Å². The predicted octanol–water partition coefficient (Wildman–Crippen LogP) is 1.52. The molecule has 1 fully saturated rings. The molecule has 6 nitrogen and oxygen atoms in total. The molecule has 2 heterocycles. The molecule has 0 aromatic carbocycles. The molecule has 0 aliphatic carbocycles. The van der Waals surface area contributed by atoms with Gasteiger partial charge in [0.1, 0.15) is 5.76 Å². The lowest BCUT2D eigenvalue weighted by atomic mass is 9.90. The first-order chi connectivity index (χ1) is 9.31. The molecule has 1 saturated heterocycles. The van der Waals surface area contributed by atoms with Crippen LogP contribution in [0, 0.1) is 0 Å². The van der Waals surface area contributed by atoms with Gasteiger partial charge < -0.3 is 20.2 Å². The summed E-state index contributed by atoms with van der Waals surface area (Å²) in [5, 5.41) is 2.80. The Morgan fingerprint density at radius 2 is 2.05 bits per heavy atom. The second kappa shape index (κ2) is 6.77. The van der Waals surface area contributed by atoms with Gasteiger partial charge in [-0.2, -0.15) is 0 Å². The molecule has 1 aliphatic rings. The van der Waals surface area contributed by atoms with Crippen LogP contribution in [0.5, 0.6) is 0 Å². The highest BCUT2D eigenvalue weighted by Gasteiger charge is 2.35. The second-order valence-corrected chi connectivity index (χ2v) is 6.32. The van der Waals surface area contributed by atoms with Crippen LogP contribution in [-0.4, -0.2) is 29.6 Å². The first-order valence-corrected chi connectivity index (χ1v) is 6.91. The van der Waals surface area contributed by atoms with Crippen molar-refractivity contribution in [2.24, 2.45) is 5.73 Å². The molecular formula is C14H24ClN3O3. The van der Waals surface area contributed by atoms with E-state index < -0.39 is 5.54 Å². The zero-order chi connectivity index (χ0) is 14.8. The summed E-state index contributed by atoms with van der Waals surface area (Å²) in [5.74, 6) is 1.13. The SMILES string of the molecule is CC(C)(C)c1cnc(CNC(=O)C2(N)CCOCC2)o1.Cl. The largest absolute Gasteiger partial charge is 0.443 e. The van der Waals surface area contributed by atoms with Gasteiger partial charge in [0.05, 0.1) is 18.3 Å². The van der Waals surface area contributed by atoms with Crippen molar-refractivity contribution >= 4 is 18.3 Å². The highest BCUT2D eigenvalue weighted by molar-refractivity contribution is 5.86. The third-order valence-corrected chi connectivity index (χ3v) is 3.53. The molecular weight excluding hydrogens is 294 g/mol. The van der Waals surface area contributed by atoms with Gasteiger partial charge in [-0.1, -0.05) is 20.8 Å². The smallest absolute Gasteiger partial charge is 0.240 e. The normalized spacial score (nSPS) is 17.9. The molecule has 120 valence electrons. The molecule has 0 atom stereocenters. The lowest BCUT2D eigenvalue weighted by Gasteiger charge is -2.31. The van der Waals surface area contributed by atoms with E-state index >= 15 is 0 Å².